The van der Waals surface area contributed by atoms with Gasteiger partial charge in [-0.3, -0.25) is 0 Å². The molecule has 2 rings (SSSR count). The second-order valence-corrected chi connectivity index (χ2v) is 3.57. The van der Waals surface area contributed by atoms with Gasteiger partial charge in [0.2, 0.25) is 0 Å². The number of rotatable bonds is 0. The summed E-state index contributed by atoms with van der Waals surface area (Å²) < 4.78 is 5.64. The molecule has 0 spiro atoms. The normalized spacial score (nSPS) is 10.6. The Morgan fingerprint density at radius 1 is 1.55 bits per heavy atom. The molecule has 5 heteroatoms. The molecule has 0 saturated heterocycles. The highest BCUT2D eigenvalue weighted by atomic mass is 79.9. The molecule has 0 bridgehead atoms. The maximum absolute atomic E-state index is 9.04. The van der Waals surface area contributed by atoms with Crippen LogP contribution in [0.15, 0.2) is 16.9 Å². The molecule has 0 aliphatic heterocycles. The first-order chi connectivity index (χ1) is 5.27. The van der Waals surface area contributed by atoms with Crippen molar-refractivity contribution in [2.75, 3.05) is 0 Å². The quantitative estimate of drug-likeness (QED) is 0.755. The van der Waals surface area contributed by atoms with Crippen molar-refractivity contribution in [2.24, 2.45) is 0 Å². The van der Waals surface area contributed by atoms with E-state index in [1.807, 2.05) is 0 Å². The van der Waals surface area contributed by atoms with E-state index < -0.39 is 0 Å². The monoisotopic (exact) mass is 230 g/mol. The Morgan fingerprint density at radius 2 is 2.36 bits per heavy atom. The van der Waals surface area contributed by atoms with Gasteiger partial charge in [0, 0.05) is 6.07 Å². The first kappa shape index (κ1) is 7.00. The number of hydrogen-bond acceptors (Lipinski definition) is 4. The summed E-state index contributed by atoms with van der Waals surface area (Å²) in [6.07, 6.45) is 1.40. The van der Waals surface area contributed by atoms with Crippen molar-refractivity contribution in [3.05, 3.63) is 16.9 Å². The predicted octanol–water partition coefficient (Wildman–Crippen LogP) is 2.16. The largest absolute Gasteiger partial charge is 0.506 e. The molecule has 0 atom stereocenters. The Morgan fingerprint density at radius 3 is 3.18 bits per heavy atom. The average molecular weight is 231 g/mol. The van der Waals surface area contributed by atoms with Gasteiger partial charge in [-0.05, 0) is 27.5 Å². The summed E-state index contributed by atoms with van der Waals surface area (Å²) in [5, 5.41) is 9.04. The number of halogens is 1. The third-order valence-corrected chi connectivity index (χ3v) is 2.83. The lowest BCUT2D eigenvalue weighted by molar-refractivity contribution is 0.474. The molecule has 0 amide bonds. The molecule has 2 aromatic rings. The molecule has 0 fully saturated rings. The lowest BCUT2D eigenvalue weighted by atomic mass is 10.4. The van der Waals surface area contributed by atoms with E-state index in [1.165, 1.54) is 17.7 Å². The predicted molar refractivity (Wildman–Crippen MR) is 46.8 cm³/mol. The van der Waals surface area contributed by atoms with E-state index in [9.17, 15) is 0 Å². The lowest BCUT2D eigenvalue weighted by Gasteiger charge is -1.88. The maximum atomic E-state index is 9.04. The summed E-state index contributed by atoms with van der Waals surface area (Å²) in [4.78, 5) is 3.99. The van der Waals surface area contributed by atoms with Crippen LogP contribution in [0.2, 0.25) is 0 Å². The van der Waals surface area contributed by atoms with Gasteiger partial charge in [0.05, 0.1) is 10.9 Å². The SMILES string of the molecule is Oc1cnc2c(Br)nsc2c1. The van der Waals surface area contributed by atoms with E-state index in [-0.39, 0.29) is 5.75 Å². The molecule has 0 aliphatic carbocycles. The van der Waals surface area contributed by atoms with Crippen LogP contribution in [0.3, 0.4) is 0 Å². The third-order valence-electron chi connectivity index (χ3n) is 1.26. The van der Waals surface area contributed by atoms with Gasteiger partial charge in [-0.25, -0.2) is 4.98 Å². The van der Waals surface area contributed by atoms with Crippen LogP contribution < -0.4 is 0 Å². The zero-order chi connectivity index (χ0) is 7.84. The fourth-order valence-electron chi connectivity index (χ4n) is 0.791. The third kappa shape index (κ3) is 1.10. The smallest absolute Gasteiger partial charge is 0.146 e. The maximum Gasteiger partial charge on any atom is 0.146 e. The number of nitrogens with zero attached hydrogens (tertiary/aromatic N) is 2. The minimum Gasteiger partial charge on any atom is -0.506 e. The van der Waals surface area contributed by atoms with Crippen molar-refractivity contribution in [3.8, 4) is 5.75 Å². The summed E-state index contributed by atoms with van der Waals surface area (Å²) in [6, 6.07) is 1.64. The minimum absolute atomic E-state index is 0.175. The van der Waals surface area contributed by atoms with Crippen LogP contribution in [0.1, 0.15) is 0 Å². The van der Waals surface area contributed by atoms with Crippen molar-refractivity contribution in [1.29, 1.82) is 0 Å². The molecule has 0 aromatic carbocycles. The van der Waals surface area contributed by atoms with Crippen LogP contribution in [0.4, 0.5) is 0 Å². The number of pyridine rings is 1. The number of fused-ring (bicyclic) bond motifs is 1. The van der Waals surface area contributed by atoms with Crippen LogP contribution in [-0.2, 0) is 0 Å². The van der Waals surface area contributed by atoms with Crippen LogP contribution in [0.25, 0.3) is 10.2 Å². The second-order valence-electron chi connectivity index (χ2n) is 2.01. The standard InChI is InChI=1S/C6H3BrN2OS/c7-6-5-4(11-9-6)1-3(10)2-8-5/h1-2,10H. The second kappa shape index (κ2) is 2.42. The molecule has 3 nitrogen and oxygen atoms in total. The molecule has 0 saturated carbocycles. The summed E-state index contributed by atoms with van der Waals surface area (Å²) in [7, 11) is 0. The van der Waals surface area contributed by atoms with E-state index in [0.717, 1.165) is 14.8 Å². The van der Waals surface area contributed by atoms with Crippen molar-refractivity contribution in [1.82, 2.24) is 9.36 Å². The highest BCUT2D eigenvalue weighted by Gasteiger charge is 2.03. The van der Waals surface area contributed by atoms with Crippen LogP contribution in [0, 0.1) is 0 Å². The van der Waals surface area contributed by atoms with Gasteiger partial charge in [0.15, 0.2) is 0 Å². The first-order valence-electron chi connectivity index (χ1n) is 2.87. The highest BCUT2D eigenvalue weighted by Crippen LogP contribution is 2.26. The highest BCUT2D eigenvalue weighted by molar-refractivity contribution is 9.10. The summed E-state index contributed by atoms with van der Waals surface area (Å²) in [6.45, 7) is 0. The lowest BCUT2D eigenvalue weighted by Crippen LogP contribution is -1.72. The van der Waals surface area contributed by atoms with Crippen LogP contribution >= 0.6 is 27.5 Å². The van der Waals surface area contributed by atoms with E-state index in [1.54, 1.807) is 6.07 Å². The molecule has 2 heterocycles. The van der Waals surface area contributed by atoms with Crippen molar-refractivity contribution in [2.45, 2.75) is 0 Å². The molecule has 2 aromatic heterocycles. The van der Waals surface area contributed by atoms with Crippen molar-refractivity contribution in [3.63, 3.8) is 0 Å². The first-order valence-corrected chi connectivity index (χ1v) is 4.44. The molecular weight excluding hydrogens is 228 g/mol. The molecule has 11 heavy (non-hydrogen) atoms. The fourth-order valence-corrected chi connectivity index (χ4v) is 2.13. The molecule has 0 unspecified atom stereocenters. The summed E-state index contributed by atoms with van der Waals surface area (Å²) >= 11 is 4.56. The Hall–Kier alpha value is -0.680. The number of aromatic nitrogens is 2. The zero-order valence-corrected chi connectivity index (χ0v) is 7.69. The minimum atomic E-state index is 0.175. The van der Waals surface area contributed by atoms with E-state index in [0.29, 0.717) is 0 Å². The Labute approximate surface area is 75.0 Å². The average Bonchev–Trinajstić information content (AvgIpc) is 2.32. The van der Waals surface area contributed by atoms with E-state index in [4.69, 9.17) is 5.11 Å². The van der Waals surface area contributed by atoms with Crippen LogP contribution in [0.5, 0.6) is 5.75 Å². The van der Waals surface area contributed by atoms with Gasteiger partial charge in [-0.1, -0.05) is 0 Å². The Bertz CT molecular complexity index is 400. The molecule has 0 aliphatic rings. The topological polar surface area (TPSA) is 46.0 Å². The Kier molecular flexibility index (Phi) is 1.54. The van der Waals surface area contributed by atoms with Gasteiger partial charge in [-0.2, -0.15) is 4.37 Å². The molecule has 56 valence electrons. The number of hydrogen-bond donors (Lipinski definition) is 1. The van der Waals surface area contributed by atoms with Crippen molar-refractivity contribution >= 4 is 37.7 Å². The zero-order valence-electron chi connectivity index (χ0n) is 5.28. The fraction of sp³-hybridized carbons (Fsp3) is 0. The molecule has 1 N–H and O–H groups in total. The number of aromatic hydroxyl groups is 1. The van der Waals surface area contributed by atoms with Gasteiger partial charge in [0.25, 0.3) is 0 Å². The van der Waals surface area contributed by atoms with E-state index >= 15 is 0 Å². The molecular formula is C6H3BrN2OS. The van der Waals surface area contributed by atoms with Crippen LogP contribution in [-0.4, -0.2) is 14.5 Å². The Balaban J connectivity index is 2.86. The van der Waals surface area contributed by atoms with Gasteiger partial charge >= 0.3 is 0 Å². The van der Waals surface area contributed by atoms with Crippen molar-refractivity contribution < 1.29 is 5.11 Å². The van der Waals surface area contributed by atoms with Gasteiger partial charge in [0.1, 0.15) is 15.9 Å². The van der Waals surface area contributed by atoms with E-state index in [2.05, 4.69) is 25.3 Å². The van der Waals surface area contributed by atoms with Gasteiger partial charge < -0.3 is 5.11 Å². The molecule has 0 radical (unpaired) electrons. The van der Waals surface area contributed by atoms with Gasteiger partial charge in [-0.15, -0.1) is 0 Å². The summed E-state index contributed by atoms with van der Waals surface area (Å²) in [5.74, 6) is 0.175. The summed E-state index contributed by atoms with van der Waals surface area (Å²) in [5.41, 5.74) is 0.799.